The lowest BCUT2D eigenvalue weighted by Gasteiger charge is -2.27. The van der Waals surface area contributed by atoms with E-state index in [4.69, 9.17) is 11.6 Å². The van der Waals surface area contributed by atoms with Crippen LogP contribution in [0.25, 0.3) is 0 Å². The minimum absolute atomic E-state index is 0.355. The molecule has 1 fully saturated rings. The summed E-state index contributed by atoms with van der Waals surface area (Å²) in [7, 11) is 0. The molecule has 8 heteroatoms. The van der Waals surface area contributed by atoms with Gasteiger partial charge in [-0.15, -0.1) is 0 Å². The summed E-state index contributed by atoms with van der Waals surface area (Å²) in [6.07, 6.45) is 1.84. The van der Waals surface area contributed by atoms with Crippen molar-refractivity contribution in [1.29, 1.82) is 0 Å². The Hall–Kier alpha value is -2.93. The number of rotatable bonds is 8. The van der Waals surface area contributed by atoms with Crippen LogP contribution in [-0.2, 0) is 15.1 Å². The van der Waals surface area contributed by atoms with Crippen molar-refractivity contribution in [3.63, 3.8) is 0 Å². The number of urea groups is 1. The van der Waals surface area contributed by atoms with Gasteiger partial charge in [-0.2, -0.15) is 0 Å². The molecular formula is C23H25ClFN3O3. The van der Waals surface area contributed by atoms with Gasteiger partial charge in [0.15, 0.2) is 0 Å². The Kier molecular flexibility index (Phi) is 6.95. The first-order valence-electron chi connectivity index (χ1n) is 10.2. The van der Waals surface area contributed by atoms with E-state index in [9.17, 15) is 18.8 Å². The van der Waals surface area contributed by atoms with Crippen LogP contribution in [0, 0.1) is 5.82 Å². The van der Waals surface area contributed by atoms with Crippen molar-refractivity contribution < 1.29 is 18.8 Å². The monoisotopic (exact) mass is 445 g/mol. The van der Waals surface area contributed by atoms with Gasteiger partial charge in [0.2, 0.25) is 5.91 Å². The highest BCUT2D eigenvalue weighted by Crippen LogP contribution is 2.34. The van der Waals surface area contributed by atoms with Gasteiger partial charge in [0, 0.05) is 5.02 Å². The minimum Gasteiger partial charge on any atom is -0.348 e. The number of benzene rings is 2. The Labute approximate surface area is 185 Å². The molecule has 1 saturated heterocycles. The lowest BCUT2D eigenvalue weighted by molar-refractivity contribution is -0.135. The molecule has 0 radical (unpaired) electrons. The number of nitrogens with zero attached hydrogens (tertiary/aromatic N) is 1. The van der Waals surface area contributed by atoms with Gasteiger partial charge in [0.05, 0.1) is 6.04 Å². The lowest BCUT2D eigenvalue weighted by Crippen LogP contribution is -2.45. The standard InChI is InChI=1S/C23H25ClFN3O3/c1-3-4-13-23(16-9-11-17(25)12-10-16)21(30)28(22(31)27-23)14-20(29)26-15(2)18-7-5-6-8-19(18)24/h5-12,15H,3-4,13-14H2,1-2H3,(H,26,29)(H,27,31). The zero-order chi connectivity index (χ0) is 22.6. The fourth-order valence-electron chi connectivity index (χ4n) is 3.79. The molecule has 4 amide bonds. The number of hydrogen-bond acceptors (Lipinski definition) is 3. The van der Waals surface area contributed by atoms with Crippen LogP contribution in [0.4, 0.5) is 9.18 Å². The number of nitrogens with one attached hydrogen (secondary N) is 2. The van der Waals surface area contributed by atoms with Crippen molar-refractivity contribution in [3.8, 4) is 0 Å². The van der Waals surface area contributed by atoms with Crippen LogP contribution < -0.4 is 10.6 Å². The van der Waals surface area contributed by atoms with Gasteiger partial charge in [-0.05, 0) is 42.7 Å². The zero-order valence-corrected chi connectivity index (χ0v) is 18.2. The number of unbranched alkanes of at least 4 members (excludes halogenated alkanes) is 1. The Bertz CT molecular complexity index is 982. The van der Waals surface area contributed by atoms with Crippen LogP contribution in [0.15, 0.2) is 48.5 Å². The van der Waals surface area contributed by atoms with Crippen molar-refractivity contribution in [2.24, 2.45) is 0 Å². The Morgan fingerprint density at radius 3 is 2.52 bits per heavy atom. The van der Waals surface area contributed by atoms with Gasteiger partial charge in [-0.3, -0.25) is 14.5 Å². The second-order valence-electron chi connectivity index (χ2n) is 7.65. The second kappa shape index (κ2) is 9.47. The van der Waals surface area contributed by atoms with E-state index in [0.717, 1.165) is 16.9 Å². The average Bonchev–Trinajstić information content (AvgIpc) is 2.98. The molecule has 6 nitrogen and oxygen atoms in total. The molecule has 2 atom stereocenters. The SMILES string of the molecule is CCCCC1(c2ccc(F)cc2)NC(=O)N(CC(=O)NC(C)c2ccccc2Cl)C1=O. The van der Waals surface area contributed by atoms with Gasteiger partial charge in [-0.25, -0.2) is 9.18 Å². The van der Waals surface area contributed by atoms with Gasteiger partial charge in [-0.1, -0.05) is 61.7 Å². The van der Waals surface area contributed by atoms with Gasteiger partial charge in [0.25, 0.3) is 5.91 Å². The summed E-state index contributed by atoms with van der Waals surface area (Å²) in [4.78, 5) is 39.5. The molecule has 164 valence electrons. The smallest absolute Gasteiger partial charge is 0.325 e. The Morgan fingerprint density at radius 1 is 1.19 bits per heavy atom. The number of hydrogen-bond donors (Lipinski definition) is 2. The van der Waals surface area contributed by atoms with Gasteiger partial charge >= 0.3 is 6.03 Å². The molecule has 1 aliphatic heterocycles. The first kappa shape index (κ1) is 22.7. The number of carbonyl (C=O) groups excluding carboxylic acids is 3. The maximum Gasteiger partial charge on any atom is 0.325 e. The molecule has 2 unspecified atom stereocenters. The normalized spacial score (nSPS) is 19.3. The fraction of sp³-hybridized carbons (Fsp3) is 0.348. The molecular weight excluding hydrogens is 421 g/mol. The van der Waals surface area contributed by atoms with Crippen LogP contribution in [-0.4, -0.2) is 29.3 Å². The van der Waals surface area contributed by atoms with Crippen molar-refractivity contribution in [3.05, 3.63) is 70.5 Å². The van der Waals surface area contributed by atoms with E-state index < -0.39 is 41.8 Å². The fourth-order valence-corrected chi connectivity index (χ4v) is 4.09. The summed E-state index contributed by atoms with van der Waals surface area (Å²) in [5, 5.41) is 6.04. The first-order chi connectivity index (χ1) is 14.8. The molecule has 0 aromatic heterocycles. The Morgan fingerprint density at radius 2 is 1.87 bits per heavy atom. The van der Waals surface area contributed by atoms with E-state index in [1.54, 1.807) is 25.1 Å². The number of imide groups is 1. The average molecular weight is 446 g/mol. The predicted molar refractivity (Wildman–Crippen MR) is 116 cm³/mol. The molecule has 0 aliphatic carbocycles. The van der Waals surface area contributed by atoms with E-state index >= 15 is 0 Å². The summed E-state index contributed by atoms with van der Waals surface area (Å²) in [5.41, 5.74) is -0.0820. The molecule has 0 bridgehead atoms. The van der Waals surface area contributed by atoms with Crippen molar-refractivity contribution in [1.82, 2.24) is 15.5 Å². The molecule has 2 N–H and O–H groups in total. The second-order valence-corrected chi connectivity index (χ2v) is 8.06. The van der Waals surface area contributed by atoms with Crippen molar-refractivity contribution in [2.75, 3.05) is 6.54 Å². The molecule has 1 heterocycles. The highest BCUT2D eigenvalue weighted by Gasteiger charge is 2.52. The molecule has 31 heavy (non-hydrogen) atoms. The maximum atomic E-state index is 13.4. The summed E-state index contributed by atoms with van der Waals surface area (Å²) < 4.78 is 13.4. The highest BCUT2D eigenvalue weighted by molar-refractivity contribution is 6.31. The third kappa shape index (κ3) is 4.71. The topological polar surface area (TPSA) is 78.5 Å². The van der Waals surface area contributed by atoms with Crippen LogP contribution in [0.5, 0.6) is 0 Å². The quantitative estimate of drug-likeness (QED) is 0.595. The summed E-state index contributed by atoms with van der Waals surface area (Å²) in [6, 6.07) is 11.6. The van der Waals surface area contributed by atoms with Crippen LogP contribution in [0.1, 0.15) is 50.3 Å². The number of amides is 4. The number of halogens is 2. The van der Waals surface area contributed by atoms with Crippen molar-refractivity contribution in [2.45, 2.75) is 44.7 Å². The van der Waals surface area contributed by atoms with E-state index in [0.29, 0.717) is 23.4 Å². The molecule has 0 spiro atoms. The summed E-state index contributed by atoms with van der Waals surface area (Å²) in [5.74, 6) is -1.43. The van der Waals surface area contributed by atoms with E-state index in [2.05, 4.69) is 10.6 Å². The van der Waals surface area contributed by atoms with Crippen LogP contribution in [0.3, 0.4) is 0 Å². The van der Waals surface area contributed by atoms with Gasteiger partial charge < -0.3 is 10.6 Å². The van der Waals surface area contributed by atoms with Crippen LogP contribution in [0.2, 0.25) is 5.02 Å². The van der Waals surface area contributed by atoms with Crippen LogP contribution >= 0.6 is 11.6 Å². The molecule has 1 aliphatic rings. The highest BCUT2D eigenvalue weighted by atomic mass is 35.5. The minimum atomic E-state index is -1.31. The lowest BCUT2D eigenvalue weighted by atomic mass is 9.85. The van der Waals surface area contributed by atoms with E-state index in [-0.39, 0.29) is 0 Å². The molecule has 2 aromatic rings. The molecule has 0 saturated carbocycles. The van der Waals surface area contributed by atoms with E-state index in [1.165, 1.54) is 24.3 Å². The zero-order valence-electron chi connectivity index (χ0n) is 17.5. The maximum absolute atomic E-state index is 13.4. The third-order valence-corrected chi connectivity index (χ3v) is 5.81. The van der Waals surface area contributed by atoms with Gasteiger partial charge in [0.1, 0.15) is 17.9 Å². The predicted octanol–water partition coefficient (Wildman–Crippen LogP) is 4.29. The van der Waals surface area contributed by atoms with E-state index in [1.807, 2.05) is 13.0 Å². The third-order valence-electron chi connectivity index (χ3n) is 5.47. The molecule has 2 aromatic carbocycles. The summed E-state index contributed by atoms with van der Waals surface area (Å²) in [6.45, 7) is 3.32. The summed E-state index contributed by atoms with van der Waals surface area (Å²) >= 11 is 6.18. The van der Waals surface area contributed by atoms with Crippen molar-refractivity contribution >= 4 is 29.4 Å². The first-order valence-corrected chi connectivity index (χ1v) is 10.6. The number of carbonyl (C=O) groups is 3. The molecule has 3 rings (SSSR count). The largest absolute Gasteiger partial charge is 0.348 e. The Balaban J connectivity index is 1.78.